The van der Waals surface area contributed by atoms with E-state index < -0.39 is 5.82 Å². The van der Waals surface area contributed by atoms with E-state index in [0.717, 1.165) is 58.0 Å². The zero-order valence-electron chi connectivity index (χ0n) is 15.0. The number of aliphatic hydroxyl groups is 1. The van der Waals surface area contributed by atoms with Gasteiger partial charge in [-0.05, 0) is 57.1 Å². The third-order valence-electron chi connectivity index (χ3n) is 6.50. The van der Waals surface area contributed by atoms with Crippen LogP contribution < -0.4 is 4.90 Å². The van der Waals surface area contributed by atoms with E-state index in [1.54, 1.807) is 6.07 Å². The van der Waals surface area contributed by atoms with Gasteiger partial charge in [0.25, 0.3) is 0 Å². The molecule has 2 heterocycles. The summed E-state index contributed by atoms with van der Waals surface area (Å²) in [5.41, 5.74) is 0.321. The van der Waals surface area contributed by atoms with Crippen LogP contribution in [0.15, 0.2) is 18.2 Å². The zero-order valence-corrected chi connectivity index (χ0v) is 15.7. The quantitative estimate of drug-likeness (QED) is 0.852. The molecule has 2 saturated heterocycles. The summed E-state index contributed by atoms with van der Waals surface area (Å²) in [6.07, 6.45) is 5.80. The summed E-state index contributed by atoms with van der Waals surface area (Å²) < 4.78 is 13.9. The van der Waals surface area contributed by atoms with Gasteiger partial charge in [0.05, 0.1) is 22.2 Å². The third-order valence-corrected chi connectivity index (χ3v) is 6.88. The fourth-order valence-electron chi connectivity index (χ4n) is 5.02. The fourth-order valence-corrected chi connectivity index (χ4v) is 5.26. The Morgan fingerprint density at radius 3 is 2.69 bits per heavy atom. The van der Waals surface area contributed by atoms with Crippen molar-refractivity contribution in [3.63, 3.8) is 0 Å². The maximum atomic E-state index is 13.9. The molecule has 1 aliphatic carbocycles. The number of nitrogens with zero attached hydrogens (tertiary/aromatic N) is 2. The van der Waals surface area contributed by atoms with Gasteiger partial charge < -0.3 is 14.9 Å². The molecule has 0 bridgehead atoms. The van der Waals surface area contributed by atoms with Crippen molar-refractivity contribution >= 4 is 23.2 Å². The van der Waals surface area contributed by atoms with Gasteiger partial charge in [0.1, 0.15) is 5.82 Å². The standard InChI is InChI=1S/C20H26ClFN2O2/c21-18-16(22)3-1-4-17(18)23-11-2-9-20(13-23)10-12-24(19(20)26)14-5-7-15(25)8-6-14/h1,3-4,14-15,25H,2,5-13H2/t14-,15+,20-/m1/s1. The lowest BCUT2D eigenvalue weighted by Gasteiger charge is -2.41. The first kappa shape index (κ1) is 18.1. The highest BCUT2D eigenvalue weighted by atomic mass is 35.5. The molecule has 1 aromatic carbocycles. The predicted octanol–water partition coefficient (Wildman–Crippen LogP) is 3.60. The van der Waals surface area contributed by atoms with Crippen molar-refractivity contribution in [3.8, 4) is 0 Å². The molecule has 3 aliphatic rings. The number of halogens is 2. The minimum absolute atomic E-state index is 0.146. The van der Waals surface area contributed by atoms with E-state index in [0.29, 0.717) is 12.2 Å². The van der Waals surface area contributed by atoms with Gasteiger partial charge >= 0.3 is 0 Å². The molecule has 6 heteroatoms. The summed E-state index contributed by atoms with van der Waals surface area (Å²) in [4.78, 5) is 17.5. The smallest absolute Gasteiger partial charge is 0.230 e. The molecule has 0 unspecified atom stereocenters. The minimum atomic E-state index is -0.413. The monoisotopic (exact) mass is 380 g/mol. The molecule has 1 aromatic rings. The van der Waals surface area contributed by atoms with Crippen molar-refractivity contribution in [2.24, 2.45) is 5.41 Å². The molecule has 3 fully saturated rings. The number of amides is 1. The lowest BCUT2D eigenvalue weighted by atomic mass is 9.78. The number of carbonyl (C=O) groups is 1. The predicted molar refractivity (Wildman–Crippen MR) is 99.9 cm³/mol. The van der Waals surface area contributed by atoms with Crippen LogP contribution in [-0.4, -0.2) is 47.7 Å². The Kier molecular flexibility index (Phi) is 4.86. The number of hydrogen-bond donors (Lipinski definition) is 1. The van der Waals surface area contributed by atoms with Crippen molar-refractivity contribution in [1.29, 1.82) is 0 Å². The zero-order chi connectivity index (χ0) is 18.3. The molecular formula is C20H26ClFN2O2. The summed E-state index contributed by atoms with van der Waals surface area (Å²) in [6.45, 7) is 2.21. The molecule has 1 amide bonds. The number of anilines is 1. The number of benzene rings is 1. The largest absolute Gasteiger partial charge is 0.393 e. The number of carbonyl (C=O) groups excluding carboxylic acids is 1. The van der Waals surface area contributed by atoms with Crippen LogP contribution in [0.4, 0.5) is 10.1 Å². The number of aliphatic hydroxyl groups excluding tert-OH is 1. The molecule has 26 heavy (non-hydrogen) atoms. The Hall–Kier alpha value is -1.33. The minimum Gasteiger partial charge on any atom is -0.393 e. The molecule has 1 saturated carbocycles. The topological polar surface area (TPSA) is 43.8 Å². The molecule has 2 aliphatic heterocycles. The Labute approximate surface area is 158 Å². The van der Waals surface area contributed by atoms with Crippen LogP contribution in [0.1, 0.15) is 44.9 Å². The van der Waals surface area contributed by atoms with Crippen molar-refractivity contribution in [1.82, 2.24) is 4.90 Å². The van der Waals surface area contributed by atoms with E-state index in [1.807, 2.05) is 6.07 Å². The van der Waals surface area contributed by atoms with E-state index in [4.69, 9.17) is 11.6 Å². The van der Waals surface area contributed by atoms with E-state index in [9.17, 15) is 14.3 Å². The molecule has 0 radical (unpaired) electrons. The van der Waals surface area contributed by atoms with Crippen LogP contribution >= 0.6 is 11.6 Å². The van der Waals surface area contributed by atoms with Crippen LogP contribution in [0, 0.1) is 11.2 Å². The summed E-state index contributed by atoms with van der Waals surface area (Å²) >= 11 is 6.19. The molecule has 4 nitrogen and oxygen atoms in total. The second kappa shape index (κ2) is 7.01. The molecule has 142 valence electrons. The highest BCUT2D eigenvalue weighted by Crippen LogP contribution is 2.44. The van der Waals surface area contributed by atoms with Crippen LogP contribution in [0.5, 0.6) is 0 Å². The molecule has 1 atom stereocenters. The average Bonchev–Trinajstić information content (AvgIpc) is 2.94. The first-order valence-corrected chi connectivity index (χ1v) is 10.1. The van der Waals surface area contributed by atoms with Gasteiger partial charge in [-0.1, -0.05) is 17.7 Å². The SMILES string of the molecule is O=C1N([C@H]2CC[C@@H](O)CC2)CC[C@@]12CCCN(c1cccc(F)c1Cl)C2. The molecule has 1 N–H and O–H groups in total. The second-order valence-corrected chi connectivity index (χ2v) is 8.47. The van der Waals surface area contributed by atoms with Crippen molar-refractivity contribution in [2.75, 3.05) is 24.5 Å². The van der Waals surface area contributed by atoms with Crippen molar-refractivity contribution in [2.45, 2.75) is 57.1 Å². The Morgan fingerprint density at radius 1 is 1.15 bits per heavy atom. The van der Waals surface area contributed by atoms with E-state index in [2.05, 4.69) is 9.80 Å². The van der Waals surface area contributed by atoms with Crippen LogP contribution in [-0.2, 0) is 4.79 Å². The molecule has 0 aromatic heterocycles. The van der Waals surface area contributed by atoms with Gasteiger partial charge in [0.2, 0.25) is 5.91 Å². The second-order valence-electron chi connectivity index (χ2n) is 8.09. The van der Waals surface area contributed by atoms with Crippen molar-refractivity contribution in [3.05, 3.63) is 29.0 Å². The molecular weight excluding hydrogens is 355 g/mol. The van der Waals surface area contributed by atoms with Gasteiger partial charge in [-0.2, -0.15) is 0 Å². The number of rotatable bonds is 2. The third kappa shape index (κ3) is 3.09. The van der Waals surface area contributed by atoms with Gasteiger partial charge in [-0.25, -0.2) is 4.39 Å². The van der Waals surface area contributed by atoms with E-state index in [1.165, 1.54) is 6.07 Å². The highest BCUT2D eigenvalue weighted by Gasteiger charge is 2.50. The van der Waals surface area contributed by atoms with Crippen molar-refractivity contribution < 1.29 is 14.3 Å². The maximum Gasteiger partial charge on any atom is 0.230 e. The maximum absolute atomic E-state index is 13.9. The number of piperidine rings is 1. The lowest BCUT2D eigenvalue weighted by molar-refractivity contribution is -0.139. The first-order chi connectivity index (χ1) is 12.5. The number of hydrogen-bond acceptors (Lipinski definition) is 3. The molecule has 4 rings (SSSR count). The van der Waals surface area contributed by atoms with Crippen LogP contribution in [0.3, 0.4) is 0 Å². The van der Waals surface area contributed by atoms with Crippen LogP contribution in [0.25, 0.3) is 0 Å². The Morgan fingerprint density at radius 2 is 1.92 bits per heavy atom. The summed E-state index contributed by atoms with van der Waals surface area (Å²) in [6, 6.07) is 5.14. The summed E-state index contributed by atoms with van der Waals surface area (Å²) in [5.74, 6) is -0.167. The number of likely N-dealkylation sites (tertiary alicyclic amines) is 1. The fraction of sp³-hybridized carbons (Fsp3) is 0.650. The summed E-state index contributed by atoms with van der Waals surface area (Å²) in [7, 11) is 0. The lowest BCUT2D eigenvalue weighted by Crippen LogP contribution is -2.50. The Bertz CT molecular complexity index is 692. The molecule has 1 spiro atoms. The van der Waals surface area contributed by atoms with Gasteiger partial charge in [0.15, 0.2) is 0 Å². The van der Waals surface area contributed by atoms with Gasteiger partial charge in [0, 0.05) is 25.7 Å². The summed E-state index contributed by atoms with van der Waals surface area (Å²) in [5, 5.41) is 9.88. The highest BCUT2D eigenvalue weighted by molar-refractivity contribution is 6.33. The average molecular weight is 381 g/mol. The van der Waals surface area contributed by atoms with Gasteiger partial charge in [-0.3, -0.25) is 4.79 Å². The van der Waals surface area contributed by atoms with E-state index in [-0.39, 0.29) is 28.5 Å². The van der Waals surface area contributed by atoms with Crippen LogP contribution in [0.2, 0.25) is 5.02 Å². The first-order valence-electron chi connectivity index (χ1n) is 9.68. The normalized spacial score (nSPS) is 32.5. The van der Waals surface area contributed by atoms with E-state index >= 15 is 0 Å². The van der Waals surface area contributed by atoms with Gasteiger partial charge in [-0.15, -0.1) is 0 Å². The Balaban J connectivity index is 1.52.